The third-order valence-electron chi connectivity index (χ3n) is 2.55. The molecule has 1 rings (SSSR count). The molecule has 1 aromatic carbocycles. The van der Waals surface area contributed by atoms with Gasteiger partial charge in [0.2, 0.25) is 10.0 Å². The van der Waals surface area contributed by atoms with Gasteiger partial charge < -0.3 is 4.74 Å². The first kappa shape index (κ1) is 15.7. The first-order valence-corrected chi connectivity index (χ1v) is 7.78. The van der Waals surface area contributed by atoms with Crippen LogP contribution in [-0.4, -0.2) is 38.4 Å². The summed E-state index contributed by atoms with van der Waals surface area (Å²) in [4.78, 5) is 11.4. The van der Waals surface area contributed by atoms with Crippen LogP contribution in [0.4, 0.5) is 0 Å². The molecule has 0 heterocycles. The lowest BCUT2D eigenvalue weighted by molar-refractivity contribution is -0.143. The molecule has 0 aromatic heterocycles. The Morgan fingerprint density at radius 3 is 2.37 bits per heavy atom. The zero-order valence-corrected chi connectivity index (χ0v) is 12.0. The molecule has 0 radical (unpaired) electrons. The highest BCUT2D eigenvalue weighted by Crippen LogP contribution is 2.10. The largest absolute Gasteiger partial charge is 0.465 e. The number of carbonyl (C=O) groups excluding carboxylic acids is 1. The SMILES string of the molecule is CCOC(=O)CN(CC)S(=O)(=O)Cc1ccccc1. The zero-order valence-electron chi connectivity index (χ0n) is 11.2. The smallest absolute Gasteiger partial charge is 0.321 e. The second kappa shape index (κ2) is 7.25. The second-order valence-electron chi connectivity index (χ2n) is 3.97. The van der Waals surface area contributed by atoms with Crippen molar-refractivity contribution in [1.82, 2.24) is 4.31 Å². The van der Waals surface area contributed by atoms with Crippen molar-refractivity contribution in [1.29, 1.82) is 0 Å². The third-order valence-corrected chi connectivity index (χ3v) is 4.42. The van der Waals surface area contributed by atoms with E-state index in [0.29, 0.717) is 5.56 Å². The first-order valence-electron chi connectivity index (χ1n) is 6.17. The van der Waals surface area contributed by atoms with E-state index in [1.807, 2.05) is 6.07 Å². The Morgan fingerprint density at radius 1 is 1.21 bits per heavy atom. The zero-order chi connectivity index (χ0) is 14.3. The average molecular weight is 285 g/mol. The molecular formula is C13H19NO4S. The maximum absolute atomic E-state index is 12.2. The number of carbonyl (C=O) groups is 1. The van der Waals surface area contributed by atoms with E-state index in [0.717, 1.165) is 4.31 Å². The highest BCUT2D eigenvalue weighted by Gasteiger charge is 2.23. The third kappa shape index (κ3) is 5.00. The van der Waals surface area contributed by atoms with Gasteiger partial charge in [0, 0.05) is 6.54 Å². The summed E-state index contributed by atoms with van der Waals surface area (Å²) in [6, 6.07) is 8.89. The molecule has 0 amide bonds. The summed E-state index contributed by atoms with van der Waals surface area (Å²) < 4.78 is 30.3. The van der Waals surface area contributed by atoms with Gasteiger partial charge in [-0.15, -0.1) is 0 Å². The molecule has 0 spiro atoms. The topological polar surface area (TPSA) is 63.7 Å². The molecule has 19 heavy (non-hydrogen) atoms. The van der Waals surface area contributed by atoms with Gasteiger partial charge in [-0.2, -0.15) is 4.31 Å². The number of nitrogens with zero attached hydrogens (tertiary/aromatic N) is 1. The van der Waals surface area contributed by atoms with Crippen LogP contribution < -0.4 is 0 Å². The van der Waals surface area contributed by atoms with Gasteiger partial charge in [0.15, 0.2) is 0 Å². The fourth-order valence-electron chi connectivity index (χ4n) is 1.63. The van der Waals surface area contributed by atoms with Gasteiger partial charge in [0.05, 0.1) is 12.4 Å². The number of esters is 1. The monoisotopic (exact) mass is 285 g/mol. The van der Waals surface area contributed by atoms with Crippen LogP contribution in [0.3, 0.4) is 0 Å². The Kier molecular flexibility index (Phi) is 5.98. The van der Waals surface area contributed by atoms with E-state index in [2.05, 4.69) is 0 Å². The summed E-state index contributed by atoms with van der Waals surface area (Å²) in [5.41, 5.74) is 0.699. The molecule has 0 saturated carbocycles. The number of benzene rings is 1. The highest BCUT2D eigenvalue weighted by molar-refractivity contribution is 7.88. The summed E-state index contributed by atoms with van der Waals surface area (Å²) in [6.07, 6.45) is 0. The second-order valence-corrected chi connectivity index (χ2v) is 5.94. The molecule has 0 saturated heterocycles. The summed E-state index contributed by atoms with van der Waals surface area (Å²) in [5, 5.41) is 0. The molecule has 0 aliphatic rings. The predicted octanol–water partition coefficient (Wildman–Crippen LogP) is 1.40. The van der Waals surface area contributed by atoms with E-state index in [-0.39, 0.29) is 25.4 Å². The molecule has 0 bridgehead atoms. The minimum Gasteiger partial charge on any atom is -0.465 e. The Balaban J connectivity index is 2.76. The predicted molar refractivity (Wildman–Crippen MR) is 72.9 cm³/mol. The van der Waals surface area contributed by atoms with Gasteiger partial charge in [0.1, 0.15) is 6.54 Å². The van der Waals surface area contributed by atoms with Gasteiger partial charge in [-0.1, -0.05) is 37.3 Å². The first-order chi connectivity index (χ1) is 8.99. The van der Waals surface area contributed by atoms with Crippen molar-refractivity contribution < 1.29 is 17.9 Å². The van der Waals surface area contributed by atoms with Gasteiger partial charge in [-0.25, -0.2) is 8.42 Å². The Hall–Kier alpha value is -1.40. The summed E-state index contributed by atoms with van der Waals surface area (Å²) in [7, 11) is -3.51. The van der Waals surface area contributed by atoms with E-state index in [1.165, 1.54) is 0 Å². The van der Waals surface area contributed by atoms with Gasteiger partial charge in [-0.3, -0.25) is 4.79 Å². The van der Waals surface area contributed by atoms with Crippen molar-refractivity contribution in [3.05, 3.63) is 35.9 Å². The molecule has 0 fully saturated rings. The standard InChI is InChI=1S/C13H19NO4S/c1-3-14(10-13(15)18-4-2)19(16,17)11-12-8-6-5-7-9-12/h5-9H,3-4,10-11H2,1-2H3. The fourth-order valence-corrected chi connectivity index (χ4v) is 3.13. The lowest BCUT2D eigenvalue weighted by Gasteiger charge is -2.19. The van der Waals surface area contributed by atoms with Crippen LogP contribution in [-0.2, 0) is 25.3 Å². The number of ether oxygens (including phenoxy) is 1. The fraction of sp³-hybridized carbons (Fsp3) is 0.462. The Labute approximate surface area is 114 Å². The van der Waals surface area contributed by atoms with Gasteiger partial charge >= 0.3 is 5.97 Å². The molecule has 6 heteroatoms. The maximum atomic E-state index is 12.2. The molecule has 5 nitrogen and oxygen atoms in total. The normalized spacial score (nSPS) is 11.5. The van der Waals surface area contributed by atoms with Crippen LogP contribution in [0.15, 0.2) is 30.3 Å². The van der Waals surface area contributed by atoms with E-state index in [9.17, 15) is 13.2 Å². The number of hydrogen-bond donors (Lipinski definition) is 0. The van der Waals surface area contributed by atoms with Crippen LogP contribution in [0.1, 0.15) is 19.4 Å². The molecule has 0 N–H and O–H groups in total. The van der Waals surface area contributed by atoms with Crippen molar-refractivity contribution in [2.45, 2.75) is 19.6 Å². The molecule has 0 aliphatic heterocycles. The van der Waals surface area contributed by atoms with E-state index in [1.54, 1.807) is 38.1 Å². The highest BCUT2D eigenvalue weighted by atomic mass is 32.2. The van der Waals surface area contributed by atoms with Gasteiger partial charge in [0.25, 0.3) is 0 Å². The minimum absolute atomic E-state index is 0.110. The maximum Gasteiger partial charge on any atom is 0.321 e. The molecule has 0 atom stereocenters. The van der Waals surface area contributed by atoms with E-state index < -0.39 is 16.0 Å². The van der Waals surface area contributed by atoms with E-state index in [4.69, 9.17) is 4.74 Å². The van der Waals surface area contributed by atoms with Crippen molar-refractivity contribution in [3.63, 3.8) is 0 Å². The number of rotatable bonds is 7. The summed E-state index contributed by atoms with van der Waals surface area (Å²) in [6.45, 7) is 3.64. The van der Waals surface area contributed by atoms with Crippen molar-refractivity contribution >= 4 is 16.0 Å². The molecule has 0 aliphatic carbocycles. The summed E-state index contributed by atoms with van der Waals surface area (Å²) in [5.74, 6) is -0.637. The molecule has 1 aromatic rings. The molecule has 0 unspecified atom stereocenters. The van der Waals surface area contributed by atoms with Crippen LogP contribution in [0, 0.1) is 0 Å². The molecule has 106 valence electrons. The lowest BCUT2D eigenvalue weighted by Crippen LogP contribution is -2.37. The lowest BCUT2D eigenvalue weighted by atomic mass is 10.2. The number of sulfonamides is 1. The summed E-state index contributed by atoms with van der Waals surface area (Å²) >= 11 is 0. The Morgan fingerprint density at radius 2 is 1.84 bits per heavy atom. The Bertz CT molecular complexity index is 499. The number of likely N-dealkylation sites (N-methyl/N-ethyl adjacent to an activating group) is 1. The van der Waals surface area contributed by atoms with Crippen molar-refractivity contribution in [3.8, 4) is 0 Å². The van der Waals surface area contributed by atoms with Gasteiger partial charge in [-0.05, 0) is 12.5 Å². The molecular weight excluding hydrogens is 266 g/mol. The quantitative estimate of drug-likeness (QED) is 0.710. The van der Waals surface area contributed by atoms with Crippen LogP contribution in [0.25, 0.3) is 0 Å². The van der Waals surface area contributed by atoms with Crippen LogP contribution in [0.5, 0.6) is 0 Å². The average Bonchev–Trinajstić information content (AvgIpc) is 2.36. The van der Waals surface area contributed by atoms with Crippen molar-refractivity contribution in [2.24, 2.45) is 0 Å². The van der Waals surface area contributed by atoms with Crippen LogP contribution >= 0.6 is 0 Å². The van der Waals surface area contributed by atoms with Crippen LogP contribution in [0.2, 0.25) is 0 Å². The van der Waals surface area contributed by atoms with E-state index >= 15 is 0 Å². The minimum atomic E-state index is -3.51. The number of hydrogen-bond acceptors (Lipinski definition) is 4. The van der Waals surface area contributed by atoms with Crippen molar-refractivity contribution in [2.75, 3.05) is 19.7 Å².